The van der Waals surface area contributed by atoms with Crippen LogP contribution in [0.2, 0.25) is 0 Å². The zero-order valence-corrected chi connectivity index (χ0v) is 16.0. The molecule has 0 saturated heterocycles. The van der Waals surface area contributed by atoms with E-state index in [0.717, 1.165) is 12.0 Å². The summed E-state index contributed by atoms with van der Waals surface area (Å²) in [5, 5.41) is 10.4. The average molecular weight is 340 g/mol. The van der Waals surface area contributed by atoms with Crippen molar-refractivity contribution in [1.82, 2.24) is 0 Å². The van der Waals surface area contributed by atoms with Gasteiger partial charge in [0.05, 0.1) is 12.7 Å². The number of benzene rings is 2. The number of hydrogen-bond acceptors (Lipinski definition) is 3. The Labute approximate surface area is 150 Å². The van der Waals surface area contributed by atoms with Crippen molar-refractivity contribution in [2.45, 2.75) is 46.5 Å². The summed E-state index contributed by atoms with van der Waals surface area (Å²) in [5.74, 6) is 0.367. The Morgan fingerprint density at radius 1 is 1.04 bits per heavy atom. The van der Waals surface area contributed by atoms with Crippen molar-refractivity contribution in [3.05, 3.63) is 59.2 Å². The van der Waals surface area contributed by atoms with Crippen LogP contribution in [0.4, 0.5) is 0 Å². The molecule has 0 unspecified atom stereocenters. The van der Waals surface area contributed by atoms with Crippen LogP contribution in [0.15, 0.2) is 42.5 Å². The third-order valence-electron chi connectivity index (χ3n) is 4.30. The molecule has 3 heteroatoms. The largest absolute Gasteiger partial charge is 0.507 e. The molecule has 0 radical (unpaired) electrons. The van der Waals surface area contributed by atoms with Crippen molar-refractivity contribution in [2.75, 3.05) is 7.11 Å². The summed E-state index contributed by atoms with van der Waals surface area (Å²) in [6.07, 6.45) is 0.917. The molecule has 0 amide bonds. The van der Waals surface area contributed by atoms with Crippen LogP contribution in [0, 0.1) is 5.41 Å². The molecule has 0 aliphatic heterocycles. The lowest BCUT2D eigenvalue weighted by Crippen LogP contribution is -2.26. The third-order valence-corrected chi connectivity index (χ3v) is 4.30. The summed E-state index contributed by atoms with van der Waals surface area (Å²) < 4.78 is 5.50. The predicted octanol–water partition coefficient (Wildman–Crippen LogP) is 5.35. The highest BCUT2D eigenvalue weighted by molar-refractivity contribution is 6.10. The molecule has 0 bridgehead atoms. The van der Waals surface area contributed by atoms with E-state index in [1.165, 1.54) is 0 Å². The Morgan fingerprint density at radius 3 is 2.16 bits per heavy atom. The highest BCUT2D eigenvalue weighted by Gasteiger charge is 2.31. The Hall–Kier alpha value is -2.29. The highest BCUT2D eigenvalue weighted by atomic mass is 16.5. The first-order chi connectivity index (χ1) is 11.5. The molecule has 0 spiro atoms. The lowest BCUT2D eigenvalue weighted by atomic mass is 9.71. The summed E-state index contributed by atoms with van der Waals surface area (Å²) >= 11 is 0. The number of carbonyl (C=O) groups excluding carboxylic acids is 1. The molecule has 1 N–H and O–H groups in total. The minimum absolute atomic E-state index is 0.0546. The van der Waals surface area contributed by atoms with Crippen LogP contribution in [-0.2, 0) is 5.41 Å². The van der Waals surface area contributed by atoms with E-state index < -0.39 is 0 Å². The second-order valence-electron chi connectivity index (χ2n) is 8.39. The number of methoxy groups -OCH3 is 1. The Morgan fingerprint density at radius 2 is 1.64 bits per heavy atom. The number of phenolic OH excluding ortho intramolecular Hbond substituents is 1. The fraction of sp³-hybridized carbons (Fsp3) is 0.409. The lowest BCUT2D eigenvalue weighted by molar-refractivity contribution is 0.103. The SMILES string of the molecule is COc1cc(O)c(C(=O)c2ccccc2)cc1C(C)(C)CC(C)(C)C. The van der Waals surface area contributed by atoms with E-state index in [9.17, 15) is 9.90 Å². The monoisotopic (exact) mass is 340 g/mol. The molecule has 0 heterocycles. The van der Waals surface area contributed by atoms with Crippen LogP contribution >= 0.6 is 0 Å². The molecule has 134 valence electrons. The maximum absolute atomic E-state index is 12.8. The second-order valence-corrected chi connectivity index (χ2v) is 8.39. The van der Waals surface area contributed by atoms with Gasteiger partial charge in [0.15, 0.2) is 5.78 Å². The Bertz CT molecular complexity index is 753. The predicted molar refractivity (Wildman–Crippen MR) is 102 cm³/mol. The number of phenols is 1. The maximum Gasteiger partial charge on any atom is 0.196 e. The fourth-order valence-electron chi connectivity index (χ4n) is 3.61. The first-order valence-electron chi connectivity index (χ1n) is 8.56. The van der Waals surface area contributed by atoms with Crippen molar-refractivity contribution in [1.29, 1.82) is 0 Å². The van der Waals surface area contributed by atoms with Crippen LogP contribution in [-0.4, -0.2) is 18.0 Å². The molecule has 0 aromatic heterocycles. The van der Waals surface area contributed by atoms with Crippen LogP contribution in [0.25, 0.3) is 0 Å². The number of hydrogen-bond donors (Lipinski definition) is 1. The van der Waals surface area contributed by atoms with Crippen LogP contribution < -0.4 is 4.74 Å². The maximum atomic E-state index is 12.8. The van der Waals surface area contributed by atoms with Crippen molar-refractivity contribution in [3.63, 3.8) is 0 Å². The van der Waals surface area contributed by atoms with Gasteiger partial charge in [0.25, 0.3) is 0 Å². The molecule has 0 aliphatic carbocycles. The third kappa shape index (κ3) is 4.41. The van der Waals surface area contributed by atoms with Crippen molar-refractivity contribution in [3.8, 4) is 11.5 Å². The van der Waals surface area contributed by atoms with Gasteiger partial charge in [0, 0.05) is 17.2 Å². The summed E-state index contributed by atoms with van der Waals surface area (Å²) in [4.78, 5) is 12.8. The van der Waals surface area contributed by atoms with Crippen LogP contribution in [0.3, 0.4) is 0 Å². The average Bonchev–Trinajstić information content (AvgIpc) is 2.52. The number of ether oxygens (including phenoxy) is 1. The van der Waals surface area contributed by atoms with Gasteiger partial charge in [-0.15, -0.1) is 0 Å². The van der Waals surface area contributed by atoms with Crippen LogP contribution in [0.5, 0.6) is 11.5 Å². The van der Waals surface area contributed by atoms with Gasteiger partial charge in [-0.05, 0) is 23.3 Å². The molecule has 25 heavy (non-hydrogen) atoms. The van der Waals surface area contributed by atoms with Gasteiger partial charge in [0.2, 0.25) is 0 Å². The first-order valence-corrected chi connectivity index (χ1v) is 8.56. The molecule has 3 nitrogen and oxygen atoms in total. The zero-order valence-electron chi connectivity index (χ0n) is 16.0. The van der Waals surface area contributed by atoms with E-state index in [0.29, 0.717) is 16.9 Å². The molecule has 0 atom stereocenters. The molecular weight excluding hydrogens is 312 g/mol. The number of ketones is 1. The lowest BCUT2D eigenvalue weighted by Gasteiger charge is -2.34. The van der Waals surface area contributed by atoms with E-state index in [2.05, 4.69) is 34.6 Å². The highest BCUT2D eigenvalue weighted by Crippen LogP contribution is 2.42. The van der Waals surface area contributed by atoms with E-state index >= 15 is 0 Å². The summed E-state index contributed by atoms with van der Waals surface area (Å²) in [5.41, 5.74) is 1.72. The molecule has 0 saturated carbocycles. The Kier molecular flexibility index (Phi) is 5.26. The van der Waals surface area contributed by atoms with Crippen molar-refractivity contribution >= 4 is 5.78 Å². The van der Waals surface area contributed by atoms with Gasteiger partial charge in [-0.1, -0.05) is 65.0 Å². The van der Waals surface area contributed by atoms with Gasteiger partial charge in [-0.2, -0.15) is 0 Å². The standard InChI is InChI=1S/C22H28O3/c1-21(2,3)14-22(4,5)17-12-16(18(23)13-19(17)25-6)20(24)15-10-8-7-9-11-15/h7-13,23H,14H2,1-6H3. The van der Waals surface area contributed by atoms with Crippen molar-refractivity contribution < 1.29 is 14.6 Å². The summed E-state index contributed by atoms with van der Waals surface area (Å²) in [6, 6.07) is 12.3. The summed E-state index contributed by atoms with van der Waals surface area (Å²) in [6.45, 7) is 10.9. The van der Waals surface area contributed by atoms with E-state index in [1.807, 2.05) is 18.2 Å². The minimum atomic E-state index is -0.205. The molecule has 2 rings (SSSR count). The van der Waals surface area contributed by atoms with E-state index in [4.69, 9.17) is 4.74 Å². The van der Waals surface area contributed by atoms with Gasteiger partial charge >= 0.3 is 0 Å². The topological polar surface area (TPSA) is 46.5 Å². The quantitative estimate of drug-likeness (QED) is 0.747. The van der Waals surface area contributed by atoms with E-state index in [-0.39, 0.29) is 22.4 Å². The number of rotatable bonds is 5. The fourth-order valence-corrected chi connectivity index (χ4v) is 3.61. The van der Waals surface area contributed by atoms with Gasteiger partial charge in [-0.25, -0.2) is 0 Å². The van der Waals surface area contributed by atoms with Gasteiger partial charge in [-0.3, -0.25) is 4.79 Å². The normalized spacial score (nSPS) is 12.1. The molecule has 0 aliphatic rings. The molecule has 0 fully saturated rings. The van der Waals surface area contributed by atoms with Gasteiger partial charge < -0.3 is 9.84 Å². The zero-order chi connectivity index (χ0) is 18.8. The molecule has 2 aromatic rings. The van der Waals surface area contributed by atoms with Crippen LogP contribution in [0.1, 0.15) is 62.5 Å². The minimum Gasteiger partial charge on any atom is -0.507 e. The van der Waals surface area contributed by atoms with E-state index in [1.54, 1.807) is 31.4 Å². The van der Waals surface area contributed by atoms with Crippen molar-refractivity contribution in [2.24, 2.45) is 5.41 Å². The first kappa shape index (κ1) is 19.0. The second kappa shape index (κ2) is 6.91. The Balaban J connectivity index is 2.56. The molecular formula is C22H28O3. The van der Waals surface area contributed by atoms with Gasteiger partial charge in [0.1, 0.15) is 11.5 Å². The number of aromatic hydroxyl groups is 1. The summed E-state index contributed by atoms with van der Waals surface area (Å²) in [7, 11) is 1.59. The number of carbonyl (C=O) groups is 1. The smallest absolute Gasteiger partial charge is 0.196 e. The molecule has 2 aromatic carbocycles.